The predicted molar refractivity (Wildman–Crippen MR) is 229 cm³/mol. The Bertz CT molecular complexity index is 551. The average molecular weight is 801 g/mol. The third-order valence-electron chi connectivity index (χ3n) is 7.69. The van der Waals surface area contributed by atoms with Gasteiger partial charge >= 0.3 is 13.4 Å². The van der Waals surface area contributed by atoms with Gasteiger partial charge in [-0.25, -0.2) is 0 Å². The molecule has 0 radical (unpaired) electrons. The van der Waals surface area contributed by atoms with Crippen LogP contribution in [0.2, 0.25) is 0 Å². The largest absolute Gasteiger partial charge is 0.325 e. The van der Waals surface area contributed by atoms with Gasteiger partial charge in [0.25, 0.3) is 0 Å². The highest BCUT2D eigenvalue weighted by Gasteiger charge is 1.96. The van der Waals surface area contributed by atoms with Gasteiger partial charge in [-0.3, -0.25) is 0 Å². The van der Waals surface area contributed by atoms with Gasteiger partial charge in [0.2, 0.25) is 0 Å². The Morgan fingerprint density at radius 2 is 0.458 bits per heavy atom. The van der Waals surface area contributed by atoms with E-state index >= 15 is 0 Å². The van der Waals surface area contributed by atoms with Crippen molar-refractivity contribution in [2.75, 3.05) is 23.0 Å². The summed E-state index contributed by atoms with van der Waals surface area (Å²) >= 11 is 11.4. The van der Waals surface area contributed by atoms with Crippen LogP contribution in [-0.2, 0) is 23.6 Å². The number of thioether (sulfide) groups is 2. The van der Waals surface area contributed by atoms with Crippen molar-refractivity contribution in [3.05, 3.63) is 0 Å². The van der Waals surface area contributed by atoms with Crippen LogP contribution in [0.4, 0.5) is 0 Å². The summed E-state index contributed by atoms with van der Waals surface area (Å²) in [4.78, 5) is 45.3. The zero-order chi connectivity index (χ0) is 37.0. The molecule has 0 unspecified atom stereocenters. The second-order valence-electron chi connectivity index (χ2n) is 12.6. The van der Waals surface area contributed by atoms with Crippen LogP contribution in [0.25, 0.3) is 0 Å². The van der Waals surface area contributed by atoms with Crippen LogP contribution in [0.1, 0.15) is 207 Å². The van der Waals surface area contributed by atoms with Gasteiger partial charge in [0.05, 0.1) is 0 Å². The van der Waals surface area contributed by atoms with Crippen LogP contribution in [0.15, 0.2) is 0 Å². The van der Waals surface area contributed by atoms with E-state index in [0.29, 0.717) is 0 Å². The molecule has 0 bridgehead atoms. The Balaban J connectivity index is -0.000000314. The van der Waals surface area contributed by atoms with Gasteiger partial charge in [0.1, 0.15) is 0 Å². The van der Waals surface area contributed by atoms with E-state index in [1.807, 2.05) is 0 Å². The molecule has 0 saturated carbocycles. The molecule has 0 aliphatic rings. The van der Waals surface area contributed by atoms with E-state index in [9.17, 15) is 0 Å². The number of rotatable bonds is 32. The fraction of sp³-hybridized carbons (Fsp3) is 1.00. The fourth-order valence-electron chi connectivity index (χ4n) is 5.09. The normalized spacial score (nSPS) is 11.2. The highest BCUT2D eigenvalue weighted by Crippen LogP contribution is 2.27. The Hall–Kier alpha value is 1.76. The molecule has 0 spiro atoms. The molecule has 0 aliphatic carbocycles. The second-order valence-corrected chi connectivity index (χ2v) is 20.4. The molecule has 0 atom stereocenters. The SMILES string of the molecule is CCCCCCCCCCCCCCCCSCC.CCCCCCCCCCCCCCCCSCC.OP(O)(O)=S.OP(O)(O)=S. The Labute approximate surface area is 318 Å². The fourth-order valence-corrected chi connectivity index (χ4v) is 6.48. The lowest BCUT2D eigenvalue weighted by atomic mass is 10.0. The molecule has 6 N–H and O–H groups in total. The van der Waals surface area contributed by atoms with E-state index in [1.165, 1.54) is 203 Å². The summed E-state index contributed by atoms with van der Waals surface area (Å²) in [5.41, 5.74) is 0. The quantitative estimate of drug-likeness (QED) is 0.0290. The smallest absolute Gasteiger partial charge is 0.319 e. The minimum Gasteiger partial charge on any atom is -0.325 e. The van der Waals surface area contributed by atoms with Gasteiger partial charge in [-0.05, 0) is 59.5 Å². The van der Waals surface area contributed by atoms with Crippen LogP contribution < -0.4 is 0 Å². The lowest BCUT2D eigenvalue weighted by molar-refractivity contribution is 0.361. The summed E-state index contributed by atoms with van der Waals surface area (Å²) in [6, 6.07) is 0. The summed E-state index contributed by atoms with van der Waals surface area (Å²) < 4.78 is 0. The van der Waals surface area contributed by atoms with Crippen molar-refractivity contribution >= 4 is 60.6 Å². The Morgan fingerprint density at radius 1 is 0.312 bits per heavy atom. The first-order valence-electron chi connectivity index (χ1n) is 19.5. The molecule has 0 aromatic carbocycles. The molecule has 12 heteroatoms. The van der Waals surface area contributed by atoms with E-state index in [4.69, 9.17) is 29.4 Å². The summed E-state index contributed by atoms with van der Waals surface area (Å²) in [6.45, 7) is 1.49. The molecular weight excluding hydrogens is 719 g/mol. The first-order chi connectivity index (χ1) is 22.8. The zero-order valence-electron chi connectivity index (χ0n) is 31.8. The molecule has 296 valence electrons. The highest BCUT2D eigenvalue weighted by molar-refractivity contribution is 8.06. The minimum absolute atomic E-state index is 1.29. The lowest BCUT2D eigenvalue weighted by Crippen LogP contribution is -1.84. The first-order valence-corrected chi connectivity index (χ1v) is 27.2. The van der Waals surface area contributed by atoms with E-state index < -0.39 is 13.4 Å². The van der Waals surface area contributed by atoms with Crippen molar-refractivity contribution in [1.29, 1.82) is 0 Å². The molecule has 0 rings (SSSR count). The van der Waals surface area contributed by atoms with Gasteiger partial charge in [-0.1, -0.05) is 195 Å². The molecule has 0 amide bonds. The van der Waals surface area contributed by atoms with Crippen LogP contribution in [0.3, 0.4) is 0 Å². The molecule has 0 saturated heterocycles. The standard InChI is InChI=1S/2C18H38S.2H3O3PS/c2*1-3-5-6-7-8-9-10-11-12-13-14-15-16-17-18-19-4-2;2*1-4(2,3)5/h2*3-18H2,1-2H3;2*(H3,1,2,3,5). The van der Waals surface area contributed by atoms with Crippen molar-refractivity contribution in [2.45, 2.75) is 207 Å². The highest BCUT2D eigenvalue weighted by atomic mass is 32.5. The summed E-state index contributed by atoms with van der Waals surface area (Å²) in [6.07, 6.45) is 41.0. The maximum atomic E-state index is 7.56. The molecule has 48 heavy (non-hydrogen) atoms. The van der Waals surface area contributed by atoms with Gasteiger partial charge < -0.3 is 29.4 Å². The van der Waals surface area contributed by atoms with Crippen LogP contribution in [0, 0.1) is 0 Å². The van der Waals surface area contributed by atoms with Crippen LogP contribution in [-0.4, -0.2) is 52.4 Å². The van der Waals surface area contributed by atoms with Crippen molar-refractivity contribution in [2.24, 2.45) is 0 Å². The van der Waals surface area contributed by atoms with E-state index in [-0.39, 0.29) is 0 Å². The number of unbranched alkanes of at least 4 members (excludes halogenated alkanes) is 26. The third kappa shape index (κ3) is 91.6. The minimum atomic E-state index is -3.81. The van der Waals surface area contributed by atoms with Gasteiger partial charge in [0, 0.05) is 0 Å². The zero-order valence-corrected chi connectivity index (χ0v) is 36.9. The maximum absolute atomic E-state index is 7.56. The average Bonchev–Trinajstić information content (AvgIpc) is 3.00. The van der Waals surface area contributed by atoms with E-state index in [0.717, 1.165) is 0 Å². The van der Waals surface area contributed by atoms with Crippen molar-refractivity contribution in [1.82, 2.24) is 0 Å². The number of hydrogen-bond acceptors (Lipinski definition) is 4. The van der Waals surface area contributed by atoms with Crippen molar-refractivity contribution in [3.63, 3.8) is 0 Å². The van der Waals surface area contributed by atoms with Crippen molar-refractivity contribution < 1.29 is 29.4 Å². The Kier molecular flexibility index (Phi) is 57.4. The lowest BCUT2D eigenvalue weighted by Gasteiger charge is -2.03. The summed E-state index contributed by atoms with van der Waals surface area (Å²) in [5.74, 6) is 5.35. The summed E-state index contributed by atoms with van der Waals surface area (Å²) in [7, 11) is 0. The molecule has 0 heterocycles. The third-order valence-corrected chi connectivity index (χ3v) is 9.66. The van der Waals surface area contributed by atoms with Gasteiger partial charge in [0.15, 0.2) is 0 Å². The van der Waals surface area contributed by atoms with E-state index in [2.05, 4.69) is 74.8 Å². The van der Waals surface area contributed by atoms with Crippen LogP contribution in [0.5, 0.6) is 0 Å². The topological polar surface area (TPSA) is 121 Å². The summed E-state index contributed by atoms with van der Waals surface area (Å²) in [5, 5.41) is 0. The Morgan fingerprint density at radius 3 is 0.604 bits per heavy atom. The molecule has 0 aliphatic heterocycles. The molecule has 6 nitrogen and oxygen atoms in total. The molecule has 0 fully saturated rings. The monoisotopic (exact) mass is 800 g/mol. The predicted octanol–water partition coefficient (Wildman–Crippen LogP) is 12.8. The molecule has 0 aromatic heterocycles. The molecular formula is C36H82O6P2S4. The number of hydrogen-bond donors (Lipinski definition) is 6. The van der Waals surface area contributed by atoms with Crippen LogP contribution >= 0.6 is 37.0 Å². The first kappa shape index (κ1) is 56.5. The second kappa shape index (κ2) is 48.8. The van der Waals surface area contributed by atoms with Crippen molar-refractivity contribution in [3.8, 4) is 0 Å². The maximum Gasteiger partial charge on any atom is 0.319 e. The molecule has 0 aromatic rings. The van der Waals surface area contributed by atoms with Gasteiger partial charge in [-0.2, -0.15) is 23.5 Å². The van der Waals surface area contributed by atoms with E-state index in [1.54, 1.807) is 0 Å². The van der Waals surface area contributed by atoms with Gasteiger partial charge in [-0.15, -0.1) is 0 Å².